The SMILES string of the molecule is C[C@@H]1C[C@H](C)CN(C(=O)CSc2nc(N)c(C#N)c(-c3ccccc3)c2C#N)C1. The second kappa shape index (κ2) is 8.98. The van der Waals surface area contributed by atoms with Crippen LogP contribution >= 0.6 is 11.8 Å². The lowest BCUT2D eigenvalue weighted by atomic mass is 9.92. The van der Waals surface area contributed by atoms with E-state index in [0.717, 1.165) is 25.1 Å². The van der Waals surface area contributed by atoms with Crippen molar-refractivity contribution in [3.8, 4) is 23.3 Å². The monoisotopic (exact) mass is 405 g/mol. The number of nitrogens with zero attached hydrogens (tertiary/aromatic N) is 4. The Kier molecular flexibility index (Phi) is 6.41. The highest BCUT2D eigenvalue weighted by Crippen LogP contribution is 2.35. The molecule has 1 aromatic heterocycles. The summed E-state index contributed by atoms with van der Waals surface area (Å²) in [7, 11) is 0. The van der Waals surface area contributed by atoms with E-state index in [9.17, 15) is 15.3 Å². The van der Waals surface area contributed by atoms with Crippen LogP contribution in [0.3, 0.4) is 0 Å². The lowest BCUT2D eigenvalue weighted by Crippen LogP contribution is -2.43. The summed E-state index contributed by atoms with van der Waals surface area (Å²) in [5.74, 6) is 1.25. The Morgan fingerprint density at radius 3 is 2.38 bits per heavy atom. The zero-order chi connectivity index (χ0) is 21.0. The summed E-state index contributed by atoms with van der Waals surface area (Å²) >= 11 is 1.20. The van der Waals surface area contributed by atoms with Crippen LogP contribution in [0.25, 0.3) is 11.1 Å². The van der Waals surface area contributed by atoms with Crippen LogP contribution in [0, 0.1) is 34.5 Å². The van der Waals surface area contributed by atoms with E-state index in [4.69, 9.17) is 5.73 Å². The molecule has 0 saturated carbocycles. The van der Waals surface area contributed by atoms with Crippen molar-refractivity contribution in [1.29, 1.82) is 10.5 Å². The molecule has 0 radical (unpaired) electrons. The van der Waals surface area contributed by atoms with Crippen LogP contribution in [-0.4, -0.2) is 34.6 Å². The van der Waals surface area contributed by atoms with Crippen LogP contribution < -0.4 is 5.73 Å². The number of nitrogen functional groups attached to an aromatic ring is 1. The highest BCUT2D eigenvalue weighted by atomic mass is 32.2. The topological polar surface area (TPSA) is 107 Å². The molecule has 1 aliphatic rings. The largest absolute Gasteiger partial charge is 0.383 e. The third-order valence-electron chi connectivity index (χ3n) is 5.03. The van der Waals surface area contributed by atoms with Crippen LogP contribution in [0.4, 0.5) is 5.82 Å². The summed E-state index contributed by atoms with van der Waals surface area (Å²) in [5, 5.41) is 19.8. The van der Waals surface area contributed by atoms with Gasteiger partial charge in [0, 0.05) is 18.7 Å². The molecule has 0 aliphatic carbocycles. The molecule has 0 bridgehead atoms. The van der Waals surface area contributed by atoms with E-state index in [2.05, 4.69) is 31.0 Å². The Hall–Kier alpha value is -3.03. The summed E-state index contributed by atoms with van der Waals surface area (Å²) in [6, 6.07) is 13.4. The minimum absolute atomic E-state index is 0.0308. The van der Waals surface area contributed by atoms with Gasteiger partial charge < -0.3 is 10.6 Å². The lowest BCUT2D eigenvalue weighted by molar-refractivity contribution is -0.130. The van der Waals surface area contributed by atoms with Crippen molar-refractivity contribution in [2.24, 2.45) is 11.8 Å². The van der Waals surface area contributed by atoms with E-state index in [-0.39, 0.29) is 28.6 Å². The van der Waals surface area contributed by atoms with Gasteiger partial charge in [0.1, 0.15) is 28.5 Å². The molecule has 2 N–H and O–H groups in total. The van der Waals surface area contributed by atoms with Crippen molar-refractivity contribution in [3.05, 3.63) is 41.5 Å². The molecule has 1 aliphatic heterocycles. The zero-order valence-corrected chi connectivity index (χ0v) is 17.4. The average Bonchev–Trinajstić information content (AvgIpc) is 2.71. The van der Waals surface area contributed by atoms with Gasteiger partial charge in [-0.3, -0.25) is 4.79 Å². The van der Waals surface area contributed by atoms with Gasteiger partial charge in [-0.2, -0.15) is 10.5 Å². The molecule has 0 spiro atoms. The number of hydrogen-bond donors (Lipinski definition) is 1. The molecule has 148 valence electrons. The Morgan fingerprint density at radius 2 is 1.79 bits per heavy atom. The van der Waals surface area contributed by atoms with Crippen molar-refractivity contribution in [2.45, 2.75) is 25.3 Å². The van der Waals surface area contributed by atoms with Gasteiger partial charge in [-0.25, -0.2) is 4.98 Å². The normalized spacial score (nSPS) is 18.7. The van der Waals surface area contributed by atoms with Gasteiger partial charge in [0.25, 0.3) is 0 Å². The number of pyridine rings is 1. The lowest BCUT2D eigenvalue weighted by Gasteiger charge is -2.35. The number of aromatic nitrogens is 1. The van der Waals surface area contributed by atoms with Crippen molar-refractivity contribution in [2.75, 3.05) is 24.6 Å². The molecule has 0 unspecified atom stereocenters. The van der Waals surface area contributed by atoms with Crippen LogP contribution in [0.1, 0.15) is 31.4 Å². The maximum atomic E-state index is 12.7. The summed E-state index contributed by atoms with van der Waals surface area (Å²) in [5.41, 5.74) is 7.68. The molecule has 2 atom stereocenters. The van der Waals surface area contributed by atoms with Gasteiger partial charge in [-0.05, 0) is 23.8 Å². The van der Waals surface area contributed by atoms with Gasteiger partial charge in [-0.15, -0.1) is 0 Å². The molecular formula is C22H23N5OS. The molecular weight excluding hydrogens is 382 g/mol. The number of piperidine rings is 1. The van der Waals surface area contributed by atoms with Gasteiger partial charge in [0.05, 0.1) is 11.3 Å². The quantitative estimate of drug-likeness (QED) is 0.778. The number of nitriles is 2. The molecule has 1 aromatic carbocycles. The summed E-state index contributed by atoms with van der Waals surface area (Å²) in [6.07, 6.45) is 1.13. The number of benzene rings is 1. The minimum Gasteiger partial charge on any atom is -0.383 e. The van der Waals surface area contributed by atoms with Crippen LogP contribution in [0.2, 0.25) is 0 Å². The van der Waals surface area contributed by atoms with Crippen LogP contribution in [0.5, 0.6) is 0 Å². The molecule has 2 heterocycles. The van der Waals surface area contributed by atoms with E-state index in [0.29, 0.717) is 22.4 Å². The number of rotatable bonds is 4. The first kappa shape index (κ1) is 20.7. The molecule has 1 fully saturated rings. The average molecular weight is 406 g/mol. The maximum absolute atomic E-state index is 12.7. The third-order valence-corrected chi connectivity index (χ3v) is 5.99. The number of amides is 1. The summed E-state index contributed by atoms with van der Waals surface area (Å²) in [4.78, 5) is 18.9. The van der Waals surface area contributed by atoms with Crippen molar-refractivity contribution < 1.29 is 4.79 Å². The van der Waals surface area contributed by atoms with Crippen molar-refractivity contribution in [1.82, 2.24) is 9.88 Å². The number of likely N-dealkylation sites (tertiary alicyclic amines) is 1. The maximum Gasteiger partial charge on any atom is 0.233 e. The van der Waals surface area contributed by atoms with Crippen LogP contribution in [-0.2, 0) is 4.79 Å². The number of thioether (sulfide) groups is 1. The number of carbonyl (C=O) groups excluding carboxylic acids is 1. The Bertz CT molecular complexity index is 983. The first-order valence-electron chi connectivity index (χ1n) is 9.54. The second-order valence-corrected chi connectivity index (χ2v) is 8.51. The molecule has 6 nitrogen and oxygen atoms in total. The molecule has 1 amide bonds. The Balaban J connectivity index is 1.90. The standard InChI is InChI=1S/C22H23N5OS/c1-14-8-15(2)12-27(11-14)19(28)13-29-22-18(10-24)20(16-6-4-3-5-7-16)17(9-23)21(25)26-22/h3-7,14-15H,8,11-13H2,1-2H3,(H2,25,26)/t14-,15+. The number of carbonyl (C=O) groups is 1. The Labute approximate surface area is 175 Å². The van der Waals surface area contributed by atoms with Gasteiger partial charge in [0.15, 0.2) is 0 Å². The number of anilines is 1. The fourth-order valence-corrected chi connectivity index (χ4v) is 4.78. The number of hydrogen-bond acceptors (Lipinski definition) is 6. The summed E-state index contributed by atoms with van der Waals surface area (Å²) < 4.78 is 0. The Morgan fingerprint density at radius 1 is 1.17 bits per heavy atom. The predicted octanol–water partition coefficient (Wildman–Crippen LogP) is 3.67. The first-order valence-corrected chi connectivity index (χ1v) is 10.5. The third kappa shape index (κ3) is 4.52. The molecule has 2 aromatic rings. The van der Waals surface area contributed by atoms with E-state index < -0.39 is 0 Å². The molecule has 1 saturated heterocycles. The first-order chi connectivity index (χ1) is 13.9. The smallest absolute Gasteiger partial charge is 0.233 e. The van der Waals surface area contributed by atoms with E-state index in [1.165, 1.54) is 11.8 Å². The molecule has 7 heteroatoms. The fraction of sp³-hybridized carbons (Fsp3) is 0.364. The molecule has 3 rings (SSSR count). The highest BCUT2D eigenvalue weighted by molar-refractivity contribution is 8.00. The highest BCUT2D eigenvalue weighted by Gasteiger charge is 2.26. The fourth-order valence-electron chi connectivity index (χ4n) is 3.88. The van der Waals surface area contributed by atoms with E-state index >= 15 is 0 Å². The van der Waals surface area contributed by atoms with E-state index in [1.807, 2.05) is 35.2 Å². The summed E-state index contributed by atoms with van der Waals surface area (Å²) in [6.45, 7) is 5.83. The van der Waals surface area contributed by atoms with Crippen molar-refractivity contribution in [3.63, 3.8) is 0 Å². The number of nitrogens with two attached hydrogens (primary N) is 1. The van der Waals surface area contributed by atoms with Gasteiger partial charge in [0.2, 0.25) is 5.91 Å². The van der Waals surface area contributed by atoms with Gasteiger partial charge >= 0.3 is 0 Å². The van der Waals surface area contributed by atoms with E-state index in [1.54, 1.807) is 0 Å². The van der Waals surface area contributed by atoms with Crippen molar-refractivity contribution >= 4 is 23.5 Å². The molecule has 29 heavy (non-hydrogen) atoms. The zero-order valence-electron chi connectivity index (χ0n) is 16.6. The second-order valence-electron chi connectivity index (χ2n) is 7.55. The minimum atomic E-state index is 0.0308. The van der Waals surface area contributed by atoms with Gasteiger partial charge in [-0.1, -0.05) is 55.9 Å². The van der Waals surface area contributed by atoms with Crippen LogP contribution in [0.15, 0.2) is 35.4 Å². The predicted molar refractivity (Wildman–Crippen MR) is 114 cm³/mol.